The van der Waals surface area contributed by atoms with Crippen LogP contribution < -0.4 is 0 Å². The summed E-state index contributed by atoms with van der Waals surface area (Å²) in [5.74, 6) is 0. The topological polar surface area (TPSA) is 76.0 Å². The molecule has 0 rings (SSSR count). The summed E-state index contributed by atoms with van der Waals surface area (Å²) in [4.78, 5) is 16.3. The summed E-state index contributed by atoms with van der Waals surface area (Å²) >= 11 is 4.80. The first-order chi connectivity index (χ1) is 4.56. The van der Waals surface area contributed by atoms with E-state index in [1.54, 1.807) is 0 Å². The monoisotopic (exact) mass is 190 g/mol. The molecular weight excluding hydrogens is 182 g/mol. The van der Waals surface area contributed by atoms with Crippen LogP contribution >= 0.6 is 19.7 Å². The molecule has 62 valence electrons. The van der Waals surface area contributed by atoms with Gasteiger partial charge in [0.25, 0.3) is 0 Å². The molecule has 0 aliphatic rings. The third kappa shape index (κ3) is 8.36. The molecule has 0 atom stereocenters. The maximum Gasteiger partial charge on any atom is 0.469 e. The lowest BCUT2D eigenvalue weighted by molar-refractivity contribution is 0.183. The molecule has 7 heteroatoms. The Labute approximate surface area is 63.3 Å². The van der Waals surface area contributed by atoms with Gasteiger partial charge in [0.1, 0.15) is 0 Å². The quantitative estimate of drug-likeness (QED) is 0.492. The lowest BCUT2D eigenvalue weighted by atomic mass is 10.5. The standard InChI is InChI=1S/C3H8ClO5P/c4-8-2-1-3-9-10(5,6)7/h1-3H2,(H2,5,6,7). The zero-order chi connectivity index (χ0) is 8.04. The highest BCUT2D eigenvalue weighted by molar-refractivity contribution is 7.46. The second kappa shape index (κ2) is 5.07. The van der Waals surface area contributed by atoms with Gasteiger partial charge in [0.05, 0.1) is 25.1 Å². The summed E-state index contributed by atoms with van der Waals surface area (Å²) in [6.07, 6.45) is 0.356. The number of phosphoric ester groups is 1. The second-order valence-corrected chi connectivity index (χ2v) is 2.95. The number of hydrogen-bond donors (Lipinski definition) is 2. The lowest BCUT2D eigenvalue weighted by Gasteiger charge is -2.02. The van der Waals surface area contributed by atoms with Crippen molar-refractivity contribution < 1.29 is 23.2 Å². The van der Waals surface area contributed by atoms with Crippen molar-refractivity contribution in [1.82, 2.24) is 0 Å². The molecule has 0 unspecified atom stereocenters. The first-order valence-electron chi connectivity index (χ1n) is 2.50. The van der Waals surface area contributed by atoms with Crippen LogP contribution in [0.1, 0.15) is 6.42 Å². The first-order valence-corrected chi connectivity index (χ1v) is 4.34. The zero-order valence-corrected chi connectivity index (χ0v) is 6.72. The summed E-state index contributed by atoms with van der Waals surface area (Å²) in [7, 11) is -4.30. The lowest BCUT2D eigenvalue weighted by Crippen LogP contribution is -1.95. The van der Waals surface area contributed by atoms with E-state index >= 15 is 0 Å². The molecule has 0 saturated heterocycles. The van der Waals surface area contributed by atoms with Gasteiger partial charge in [-0.2, -0.15) is 0 Å². The van der Waals surface area contributed by atoms with Crippen LogP contribution in [0.5, 0.6) is 0 Å². The van der Waals surface area contributed by atoms with E-state index < -0.39 is 7.82 Å². The Morgan fingerprint density at radius 3 is 2.40 bits per heavy atom. The molecule has 0 radical (unpaired) electrons. The van der Waals surface area contributed by atoms with Crippen LogP contribution in [-0.4, -0.2) is 23.0 Å². The van der Waals surface area contributed by atoms with E-state index in [2.05, 4.69) is 8.81 Å². The molecule has 0 heterocycles. The van der Waals surface area contributed by atoms with Crippen molar-refractivity contribution in [3.8, 4) is 0 Å². The molecule has 0 fully saturated rings. The highest BCUT2D eigenvalue weighted by Gasteiger charge is 2.12. The normalized spacial score (nSPS) is 11.9. The molecule has 0 aromatic rings. The Morgan fingerprint density at radius 1 is 1.40 bits per heavy atom. The summed E-state index contributed by atoms with van der Waals surface area (Å²) in [5, 5.41) is 0. The second-order valence-electron chi connectivity index (χ2n) is 1.49. The predicted molar refractivity (Wildman–Crippen MR) is 34.4 cm³/mol. The molecule has 0 aliphatic carbocycles. The SMILES string of the molecule is O=P(O)(O)OCCCOCl. The minimum absolute atomic E-state index is 0.0585. The Morgan fingerprint density at radius 2 is 2.00 bits per heavy atom. The van der Waals surface area contributed by atoms with Crippen LogP contribution in [0.25, 0.3) is 0 Å². The first kappa shape index (κ1) is 10.4. The van der Waals surface area contributed by atoms with Gasteiger partial charge in [0.2, 0.25) is 0 Å². The molecule has 2 N–H and O–H groups in total. The number of rotatable bonds is 5. The van der Waals surface area contributed by atoms with E-state index in [0.717, 1.165) is 0 Å². The highest BCUT2D eigenvalue weighted by atomic mass is 35.5. The van der Waals surface area contributed by atoms with E-state index in [0.29, 0.717) is 6.42 Å². The summed E-state index contributed by atoms with van der Waals surface area (Å²) in [5.41, 5.74) is 0. The third-order valence-corrected chi connectivity index (χ3v) is 1.30. The van der Waals surface area contributed by atoms with Crippen LogP contribution in [0.2, 0.25) is 0 Å². The minimum atomic E-state index is -4.30. The Hall–Kier alpha value is 0.360. The Bertz CT molecular complexity index is 122. The smallest absolute Gasteiger partial charge is 0.303 e. The van der Waals surface area contributed by atoms with Crippen molar-refractivity contribution in [2.24, 2.45) is 0 Å². The third-order valence-electron chi connectivity index (χ3n) is 0.625. The van der Waals surface area contributed by atoms with Crippen LogP contribution in [-0.2, 0) is 13.4 Å². The van der Waals surface area contributed by atoms with E-state index in [1.807, 2.05) is 0 Å². The van der Waals surface area contributed by atoms with Crippen molar-refractivity contribution in [3.05, 3.63) is 0 Å². The predicted octanol–water partition coefficient (Wildman–Crippen LogP) is 0.656. The van der Waals surface area contributed by atoms with Crippen molar-refractivity contribution in [2.45, 2.75) is 6.42 Å². The fraction of sp³-hybridized carbons (Fsp3) is 1.00. The molecule has 0 aromatic carbocycles. The molecule has 10 heavy (non-hydrogen) atoms. The van der Waals surface area contributed by atoms with Gasteiger partial charge in [0.15, 0.2) is 0 Å². The average molecular weight is 191 g/mol. The van der Waals surface area contributed by atoms with Gasteiger partial charge in [0, 0.05) is 0 Å². The van der Waals surface area contributed by atoms with Gasteiger partial charge < -0.3 is 9.79 Å². The van der Waals surface area contributed by atoms with Crippen molar-refractivity contribution >= 4 is 19.7 Å². The molecule has 0 amide bonds. The van der Waals surface area contributed by atoms with Gasteiger partial charge in [-0.3, -0.25) is 8.81 Å². The summed E-state index contributed by atoms with van der Waals surface area (Å²) in [6, 6.07) is 0. The largest absolute Gasteiger partial charge is 0.469 e. The van der Waals surface area contributed by atoms with Crippen LogP contribution in [0.4, 0.5) is 0 Å². The molecule has 0 aromatic heterocycles. The van der Waals surface area contributed by atoms with Crippen LogP contribution in [0.3, 0.4) is 0 Å². The van der Waals surface area contributed by atoms with E-state index in [9.17, 15) is 4.57 Å². The maximum absolute atomic E-state index is 9.99. The fourth-order valence-corrected chi connectivity index (χ4v) is 0.773. The molecule has 0 bridgehead atoms. The fourth-order valence-electron chi connectivity index (χ4n) is 0.297. The summed E-state index contributed by atoms with van der Waals surface area (Å²) < 4.78 is 18.1. The molecule has 0 spiro atoms. The van der Waals surface area contributed by atoms with Gasteiger partial charge in [-0.25, -0.2) is 4.57 Å². The van der Waals surface area contributed by atoms with Gasteiger partial charge in [-0.1, -0.05) is 0 Å². The zero-order valence-electron chi connectivity index (χ0n) is 5.07. The van der Waals surface area contributed by atoms with Crippen molar-refractivity contribution in [1.29, 1.82) is 0 Å². The van der Waals surface area contributed by atoms with Crippen LogP contribution in [0.15, 0.2) is 0 Å². The molecule has 0 aliphatic heterocycles. The van der Waals surface area contributed by atoms with Gasteiger partial charge in [-0.05, 0) is 6.42 Å². The van der Waals surface area contributed by atoms with Crippen molar-refractivity contribution in [3.63, 3.8) is 0 Å². The molecule has 0 saturated carbocycles. The van der Waals surface area contributed by atoms with E-state index in [-0.39, 0.29) is 13.2 Å². The van der Waals surface area contributed by atoms with E-state index in [1.165, 1.54) is 0 Å². The van der Waals surface area contributed by atoms with Crippen molar-refractivity contribution in [2.75, 3.05) is 13.2 Å². The highest BCUT2D eigenvalue weighted by Crippen LogP contribution is 2.35. The minimum Gasteiger partial charge on any atom is -0.303 e. The van der Waals surface area contributed by atoms with Gasteiger partial charge >= 0.3 is 7.82 Å². The summed E-state index contributed by atoms with van der Waals surface area (Å²) in [6.45, 7) is 0.151. The van der Waals surface area contributed by atoms with Crippen LogP contribution in [0, 0.1) is 0 Å². The van der Waals surface area contributed by atoms with Gasteiger partial charge in [-0.15, -0.1) is 0 Å². The molecule has 5 nitrogen and oxygen atoms in total. The average Bonchev–Trinajstić information content (AvgIpc) is 1.78. The Balaban J connectivity index is 3.13. The number of halogens is 1. The maximum atomic E-state index is 9.99. The number of phosphoric acid groups is 1. The van der Waals surface area contributed by atoms with E-state index in [4.69, 9.17) is 21.7 Å². The Kier molecular flexibility index (Phi) is 5.25. The number of hydrogen-bond acceptors (Lipinski definition) is 3. The molecular formula is C3H8ClO5P.